The summed E-state index contributed by atoms with van der Waals surface area (Å²) in [7, 11) is 0. The van der Waals surface area contributed by atoms with Gasteiger partial charge in [-0.2, -0.15) is 0 Å². The SMILES string of the molecule is Cc1ccc2c(n1)oc1cc(-n3c4ccc(-c5ccccc5O)nc4c4c5c(ccc43)oc3ccc(-c4ccccn4)[c-]c35)ccc12.[Pt]. The zero-order valence-electron chi connectivity index (χ0n) is 25.3. The smallest absolute Gasteiger partial charge is 0.227 e. The average Bonchev–Trinajstić information content (AvgIpc) is 3.76. The van der Waals surface area contributed by atoms with Crippen molar-refractivity contribution < 1.29 is 35.0 Å². The number of fused-ring (bicyclic) bond motifs is 10. The molecule has 0 aliphatic rings. The van der Waals surface area contributed by atoms with Crippen molar-refractivity contribution in [3.05, 3.63) is 127 Å². The number of benzene rings is 4. The summed E-state index contributed by atoms with van der Waals surface area (Å²) in [4.78, 5) is 14.4. The summed E-state index contributed by atoms with van der Waals surface area (Å²) >= 11 is 0. The maximum absolute atomic E-state index is 10.7. The number of phenolic OH excluding ortho intramolecular Hbond substituents is 1. The fraction of sp³-hybridized carbons (Fsp3) is 0.0250. The number of pyridine rings is 3. The van der Waals surface area contributed by atoms with Crippen LogP contribution in [0.3, 0.4) is 0 Å². The molecule has 0 atom stereocenters. The summed E-state index contributed by atoms with van der Waals surface area (Å²) in [5.41, 5.74) is 10.4. The molecule has 0 aliphatic carbocycles. The van der Waals surface area contributed by atoms with Crippen LogP contribution in [0.25, 0.3) is 94.1 Å². The van der Waals surface area contributed by atoms with E-state index >= 15 is 0 Å². The molecular formula is C40H23N4O3Pt-. The van der Waals surface area contributed by atoms with Crippen LogP contribution in [0.4, 0.5) is 0 Å². The van der Waals surface area contributed by atoms with Crippen molar-refractivity contribution in [3.8, 4) is 34.0 Å². The number of aromatic nitrogens is 4. The van der Waals surface area contributed by atoms with Crippen LogP contribution in [0.5, 0.6) is 5.75 Å². The summed E-state index contributed by atoms with van der Waals surface area (Å²) in [5.74, 6) is 0.175. The van der Waals surface area contributed by atoms with Crippen molar-refractivity contribution in [1.82, 2.24) is 19.5 Å². The number of hydrogen-bond acceptors (Lipinski definition) is 6. The van der Waals surface area contributed by atoms with Gasteiger partial charge in [-0.1, -0.05) is 41.3 Å². The maximum atomic E-state index is 10.7. The first-order valence-electron chi connectivity index (χ1n) is 15.3. The number of para-hydroxylation sites is 1. The van der Waals surface area contributed by atoms with Gasteiger partial charge < -0.3 is 18.5 Å². The van der Waals surface area contributed by atoms with Gasteiger partial charge in [0.2, 0.25) is 5.71 Å². The van der Waals surface area contributed by atoms with Crippen molar-refractivity contribution in [2.24, 2.45) is 0 Å². The molecule has 0 radical (unpaired) electrons. The summed E-state index contributed by atoms with van der Waals surface area (Å²) < 4.78 is 14.9. The van der Waals surface area contributed by atoms with Gasteiger partial charge in [0.05, 0.1) is 27.9 Å². The van der Waals surface area contributed by atoms with E-state index in [9.17, 15) is 5.11 Å². The maximum Gasteiger partial charge on any atom is 0.227 e. The monoisotopic (exact) mass is 802 g/mol. The van der Waals surface area contributed by atoms with Crippen LogP contribution in [0.2, 0.25) is 0 Å². The van der Waals surface area contributed by atoms with Gasteiger partial charge in [-0.05, 0) is 79.0 Å². The van der Waals surface area contributed by atoms with Crippen LogP contribution in [-0.2, 0) is 21.1 Å². The number of rotatable bonds is 3. The van der Waals surface area contributed by atoms with E-state index in [4.69, 9.17) is 13.8 Å². The molecule has 10 aromatic rings. The van der Waals surface area contributed by atoms with Gasteiger partial charge in [-0.25, -0.2) is 9.97 Å². The molecule has 0 bridgehead atoms. The molecule has 232 valence electrons. The molecule has 4 aromatic carbocycles. The van der Waals surface area contributed by atoms with Gasteiger partial charge in [0.15, 0.2) is 0 Å². The molecule has 0 saturated carbocycles. The van der Waals surface area contributed by atoms with E-state index in [2.05, 4.69) is 57.0 Å². The minimum atomic E-state index is 0. The Balaban J connectivity index is 0.00000314. The predicted molar refractivity (Wildman–Crippen MR) is 185 cm³/mol. The topological polar surface area (TPSA) is 90.1 Å². The number of aryl methyl sites for hydroxylation is 1. The molecule has 10 rings (SSSR count). The van der Waals surface area contributed by atoms with E-state index < -0.39 is 0 Å². The Bertz CT molecular complexity index is 2890. The van der Waals surface area contributed by atoms with Crippen molar-refractivity contribution in [3.63, 3.8) is 0 Å². The van der Waals surface area contributed by atoms with Crippen LogP contribution in [0.15, 0.2) is 124 Å². The zero-order chi connectivity index (χ0) is 31.2. The van der Waals surface area contributed by atoms with Crippen molar-refractivity contribution >= 4 is 65.9 Å². The Labute approximate surface area is 287 Å². The minimum absolute atomic E-state index is 0. The summed E-state index contributed by atoms with van der Waals surface area (Å²) in [6, 6.07) is 39.1. The molecule has 48 heavy (non-hydrogen) atoms. The van der Waals surface area contributed by atoms with E-state index in [1.54, 1.807) is 12.3 Å². The van der Waals surface area contributed by atoms with Crippen molar-refractivity contribution in [2.45, 2.75) is 6.92 Å². The molecule has 6 aromatic heterocycles. The molecule has 0 saturated heterocycles. The number of nitrogens with zero attached hydrogens (tertiary/aromatic N) is 4. The quantitative estimate of drug-likeness (QED) is 0.179. The summed E-state index contributed by atoms with van der Waals surface area (Å²) in [6.45, 7) is 1.96. The standard InChI is InChI=1S/C40H23N4O3.Pt/c1-22-9-12-26-25-13-11-24(21-36(25)47-40(26)42-22)44-31-16-18-35-37(28-20-23(10-17-34(28)46-35)29-7-4-5-19-41-29)38(31)39-32(44)15-14-30(43-39)27-6-2-3-8-33(27)45;/h2-19,21,45H,1H3;/q-1;. The van der Waals surface area contributed by atoms with Crippen LogP contribution < -0.4 is 0 Å². The molecular weight excluding hydrogens is 780 g/mol. The molecule has 8 heteroatoms. The third kappa shape index (κ3) is 4.14. The molecule has 0 spiro atoms. The molecule has 0 unspecified atom stereocenters. The van der Waals surface area contributed by atoms with Crippen LogP contribution >= 0.6 is 0 Å². The molecule has 0 fully saturated rings. The molecule has 7 nitrogen and oxygen atoms in total. The van der Waals surface area contributed by atoms with Crippen LogP contribution in [-0.4, -0.2) is 24.6 Å². The zero-order valence-corrected chi connectivity index (χ0v) is 27.6. The van der Waals surface area contributed by atoms with Gasteiger partial charge in [-0.15, -0.1) is 12.1 Å². The fourth-order valence-corrected chi connectivity index (χ4v) is 6.81. The number of furan rings is 2. The van der Waals surface area contributed by atoms with Crippen LogP contribution in [0, 0.1) is 13.0 Å². The van der Waals surface area contributed by atoms with Crippen molar-refractivity contribution in [2.75, 3.05) is 0 Å². The van der Waals surface area contributed by atoms with Gasteiger partial charge in [0, 0.05) is 77.6 Å². The normalized spacial score (nSPS) is 11.8. The summed E-state index contributed by atoms with van der Waals surface area (Å²) in [5, 5.41) is 15.5. The largest absolute Gasteiger partial charge is 0.507 e. The van der Waals surface area contributed by atoms with Gasteiger partial charge in [0.25, 0.3) is 0 Å². The van der Waals surface area contributed by atoms with E-state index in [0.717, 1.165) is 82.9 Å². The Hall–Kier alpha value is -5.78. The van der Waals surface area contributed by atoms with Gasteiger partial charge >= 0.3 is 0 Å². The number of phenols is 1. The van der Waals surface area contributed by atoms with E-state index in [-0.39, 0.29) is 26.8 Å². The third-order valence-corrected chi connectivity index (χ3v) is 8.96. The summed E-state index contributed by atoms with van der Waals surface area (Å²) in [6.07, 6.45) is 1.78. The predicted octanol–water partition coefficient (Wildman–Crippen LogP) is 9.91. The van der Waals surface area contributed by atoms with Crippen molar-refractivity contribution in [1.29, 1.82) is 0 Å². The molecule has 0 aliphatic heterocycles. The molecule has 6 heterocycles. The second-order valence-corrected chi connectivity index (χ2v) is 11.8. The Kier molecular flexibility index (Phi) is 6.30. The van der Waals surface area contributed by atoms with E-state index in [1.807, 2.05) is 73.7 Å². The van der Waals surface area contributed by atoms with Gasteiger partial charge in [-0.3, -0.25) is 4.98 Å². The second-order valence-electron chi connectivity index (χ2n) is 11.8. The molecule has 1 N–H and O–H groups in total. The third-order valence-electron chi connectivity index (χ3n) is 8.96. The second kappa shape index (κ2) is 10.6. The Morgan fingerprint density at radius 1 is 0.688 bits per heavy atom. The molecule has 0 amide bonds. The van der Waals surface area contributed by atoms with E-state index in [1.165, 1.54) is 0 Å². The first kappa shape index (κ1) is 28.4. The Morgan fingerprint density at radius 2 is 1.52 bits per heavy atom. The first-order valence-corrected chi connectivity index (χ1v) is 15.3. The Morgan fingerprint density at radius 3 is 2.40 bits per heavy atom. The first-order chi connectivity index (χ1) is 23.1. The van der Waals surface area contributed by atoms with E-state index in [0.29, 0.717) is 17.0 Å². The minimum Gasteiger partial charge on any atom is -0.507 e. The van der Waals surface area contributed by atoms with Crippen LogP contribution in [0.1, 0.15) is 5.69 Å². The fourth-order valence-electron chi connectivity index (χ4n) is 6.81. The average molecular weight is 803 g/mol. The number of aromatic hydroxyl groups is 1. The number of hydrogen-bond donors (Lipinski definition) is 1. The van der Waals surface area contributed by atoms with Gasteiger partial charge in [0.1, 0.15) is 11.3 Å².